The van der Waals surface area contributed by atoms with E-state index in [0.29, 0.717) is 6.10 Å². The summed E-state index contributed by atoms with van der Waals surface area (Å²) in [6.07, 6.45) is 7.72. The van der Waals surface area contributed by atoms with Crippen LogP contribution in [0.4, 0.5) is 0 Å². The molecule has 0 aromatic carbocycles. The lowest BCUT2D eigenvalue weighted by molar-refractivity contribution is 0.218. The lowest BCUT2D eigenvalue weighted by Crippen LogP contribution is -2.39. The number of hydrogen-bond donors (Lipinski definition) is 0. The van der Waals surface area contributed by atoms with Crippen molar-refractivity contribution in [2.45, 2.75) is 77.6 Å². The van der Waals surface area contributed by atoms with Gasteiger partial charge in [-0.05, 0) is 28.6 Å². The highest BCUT2D eigenvalue weighted by Gasteiger charge is 2.30. The van der Waals surface area contributed by atoms with E-state index < -0.39 is 8.32 Å². The fraction of sp³-hybridized carbons (Fsp3) is 0.857. The Labute approximate surface area is 123 Å². The van der Waals surface area contributed by atoms with Crippen molar-refractivity contribution >= 4 is 30.9 Å². The Morgan fingerprint density at radius 3 is 2.06 bits per heavy atom. The first-order chi connectivity index (χ1) is 8.17. The second kappa shape index (κ2) is 10.6. The molecule has 3 heteroatoms. The minimum atomic E-state index is -1.43. The van der Waals surface area contributed by atoms with Crippen molar-refractivity contribution in [3.05, 3.63) is 10.2 Å². The van der Waals surface area contributed by atoms with E-state index in [2.05, 4.69) is 60.4 Å². The van der Waals surface area contributed by atoms with Gasteiger partial charge in [0.25, 0.3) is 0 Å². The molecule has 0 fully saturated rings. The van der Waals surface area contributed by atoms with Crippen molar-refractivity contribution in [3.63, 3.8) is 0 Å². The Balaban J connectivity index is 4.38. The van der Waals surface area contributed by atoms with Gasteiger partial charge in [-0.25, -0.2) is 0 Å². The zero-order chi connectivity index (χ0) is 13.1. The van der Waals surface area contributed by atoms with Crippen molar-refractivity contribution in [2.24, 2.45) is 0 Å². The molecule has 17 heavy (non-hydrogen) atoms. The van der Waals surface area contributed by atoms with Gasteiger partial charge in [0, 0.05) is 0 Å². The standard InChI is InChI=1S/C14H29IOSi/c1-5-9-10-11-14(12-13-15)16-17(6-2,7-3)8-4/h12-14H,5-11H2,1-4H3/t14-/m0/s1. The van der Waals surface area contributed by atoms with E-state index in [4.69, 9.17) is 4.43 Å². The summed E-state index contributed by atoms with van der Waals surface area (Å²) in [7, 11) is -1.43. The first-order valence-corrected chi connectivity index (χ1v) is 10.9. The molecule has 0 N–H and O–H groups in total. The highest BCUT2D eigenvalue weighted by atomic mass is 127. The molecule has 0 aliphatic rings. The van der Waals surface area contributed by atoms with Gasteiger partial charge < -0.3 is 4.43 Å². The van der Waals surface area contributed by atoms with Crippen molar-refractivity contribution < 1.29 is 4.43 Å². The topological polar surface area (TPSA) is 9.23 Å². The van der Waals surface area contributed by atoms with Crippen LogP contribution in [0.1, 0.15) is 53.4 Å². The highest BCUT2D eigenvalue weighted by Crippen LogP contribution is 2.25. The van der Waals surface area contributed by atoms with Gasteiger partial charge in [-0.3, -0.25) is 0 Å². The van der Waals surface area contributed by atoms with Gasteiger partial charge in [0.05, 0.1) is 6.10 Å². The maximum absolute atomic E-state index is 6.52. The second-order valence-electron chi connectivity index (χ2n) is 4.71. The average Bonchev–Trinajstić information content (AvgIpc) is 2.36. The van der Waals surface area contributed by atoms with Crippen LogP contribution < -0.4 is 0 Å². The lowest BCUT2D eigenvalue weighted by atomic mass is 10.1. The van der Waals surface area contributed by atoms with Crippen LogP contribution >= 0.6 is 22.6 Å². The minimum absolute atomic E-state index is 0.366. The van der Waals surface area contributed by atoms with E-state index in [1.54, 1.807) is 0 Å². The van der Waals surface area contributed by atoms with Crippen LogP contribution in [0.5, 0.6) is 0 Å². The van der Waals surface area contributed by atoms with Crippen molar-refractivity contribution in [3.8, 4) is 0 Å². The molecule has 0 aliphatic carbocycles. The monoisotopic (exact) mass is 368 g/mol. The third-order valence-electron chi connectivity index (χ3n) is 3.71. The third kappa shape index (κ3) is 6.96. The molecule has 102 valence electrons. The van der Waals surface area contributed by atoms with Crippen LogP contribution in [0.25, 0.3) is 0 Å². The Morgan fingerprint density at radius 1 is 1.06 bits per heavy atom. The largest absolute Gasteiger partial charge is 0.411 e. The molecule has 0 aliphatic heterocycles. The van der Waals surface area contributed by atoms with Gasteiger partial charge in [0.1, 0.15) is 0 Å². The summed E-state index contributed by atoms with van der Waals surface area (Å²) >= 11 is 2.31. The van der Waals surface area contributed by atoms with Gasteiger partial charge >= 0.3 is 0 Å². The summed E-state index contributed by atoms with van der Waals surface area (Å²) in [6, 6.07) is 3.75. The van der Waals surface area contributed by atoms with Gasteiger partial charge in [-0.2, -0.15) is 0 Å². The first kappa shape index (κ1) is 17.6. The van der Waals surface area contributed by atoms with E-state index in [-0.39, 0.29) is 0 Å². The van der Waals surface area contributed by atoms with E-state index in [1.165, 1.54) is 43.8 Å². The molecule has 0 heterocycles. The number of hydrogen-bond acceptors (Lipinski definition) is 1. The molecule has 1 nitrogen and oxygen atoms in total. The Bertz CT molecular complexity index is 194. The Kier molecular flexibility index (Phi) is 11.0. The second-order valence-corrected chi connectivity index (χ2v) is 10.2. The maximum atomic E-state index is 6.52. The van der Waals surface area contributed by atoms with E-state index in [1.807, 2.05) is 0 Å². The van der Waals surface area contributed by atoms with Gasteiger partial charge in [0.2, 0.25) is 0 Å². The Hall–Kier alpha value is 0.647. The van der Waals surface area contributed by atoms with E-state index in [9.17, 15) is 0 Å². The smallest absolute Gasteiger partial charge is 0.192 e. The predicted molar refractivity (Wildman–Crippen MR) is 89.4 cm³/mol. The molecule has 1 atom stereocenters. The number of rotatable bonds is 10. The summed E-state index contributed by atoms with van der Waals surface area (Å²) in [4.78, 5) is 0. The highest BCUT2D eigenvalue weighted by molar-refractivity contribution is 14.1. The molecule has 0 amide bonds. The minimum Gasteiger partial charge on any atom is -0.411 e. The molecular formula is C14H29IOSi. The van der Waals surface area contributed by atoms with Crippen molar-refractivity contribution in [1.82, 2.24) is 0 Å². The molecule has 0 spiro atoms. The number of unbranched alkanes of at least 4 members (excludes halogenated alkanes) is 2. The molecule has 0 rings (SSSR count). The first-order valence-electron chi connectivity index (χ1n) is 7.12. The summed E-state index contributed by atoms with van der Waals surface area (Å²) in [5.41, 5.74) is 0. The zero-order valence-electron chi connectivity index (χ0n) is 12.0. The molecule has 0 aromatic rings. The molecule has 0 bridgehead atoms. The molecule has 0 saturated carbocycles. The molecule has 0 unspecified atom stereocenters. The number of halogens is 1. The summed E-state index contributed by atoms with van der Waals surface area (Å²) in [5, 5.41) is 0. The molecular weight excluding hydrogens is 339 g/mol. The van der Waals surface area contributed by atoms with Crippen molar-refractivity contribution in [1.29, 1.82) is 0 Å². The van der Waals surface area contributed by atoms with Crippen LogP contribution in [-0.4, -0.2) is 14.4 Å². The fourth-order valence-electron chi connectivity index (χ4n) is 2.19. The van der Waals surface area contributed by atoms with Crippen LogP contribution in [-0.2, 0) is 4.43 Å². The van der Waals surface area contributed by atoms with Crippen LogP contribution in [0, 0.1) is 0 Å². The van der Waals surface area contributed by atoms with Crippen LogP contribution in [0.3, 0.4) is 0 Å². The summed E-state index contributed by atoms with van der Waals surface area (Å²) in [5.74, 6) is 0. The normalized spacial score (nSPS) is 14.4. The van der Waals surface area contributed by atoms with Gasteiger partial charge in [0.15, 0.2) is 8.32 Å². The lowest BCUT2D eigenvalue weighted by Gasteiger charge is -2.32. The van der Waals surface area contributed by atoms with Crippen LogP contribution in [0.2, 0.25) is 18.1 Å². The Morgan fingerprint density at radius 2 is 1.65 bits per heavy atom. The average molecular weight is 368 g/mol. The quantitative estimate of drug-likeness (QED) is 0.265. The van der Waals surface area contributed by atoms with E-state index in [0.717, 1.165) is 0 Å². The SMILES string of the molecule is CCCCC[C@@H](C=CI)O[Si](CC)(CC)CC. The molecule has 0 saturated heterocycles. The van der Waals surface area contributed by atoms with Crippen molar-refractivity contribution in [2.75, 3.05) is 0 Å². The third-order valence-corrected chi connectivity index (χ3v) is 8.80. The van der Waals surface area contributed by atoms with Gasteiger partial charge in [-0.1, -0.05) is 75.6 Å². The molecule has 0 radical (unpaired) electrons. The van der Waals surface area contributed by atoms with Gasteiger partial charge in [-0.15, -0.1) is 0 Å². The van der Waals surface area contributed by atoms with E-state index >= 15 is 0 Å². The van der Waals surface area contributed by atoms with Crippen LogP contribution in [0.15, 0.2) is 10.2 Å². The summed E-state index contributed by atoms with van der Waals surface area (Å²) < 4.78 is 8.64. The summed E-state index contributed by atoms with van der Waals surface area (Å²) in [6.45, 7) is 9.16. The maximum Gasteiger partial charge on any atom is 0.192 e. The predicted octanol–water partition coefficient (Wildman–Crippen LogP) is 5.91. The molecule has 0 aromatic heterocycles. The fourth-order valence-corrected chi connectivity index (χ4v) is 5.49. The zero-order valence-corrected chi connectivity index (χ0v) is 15.1.